The van der Waals surface area contributed by atoms with Crippen LogP contribution in [0.15, 0.2) is 101 Å². The van der Waals surface area contributed by atoms with Crippen LogP contribution in [0.3, 0.4) is 0 Å². The first kappa shape index (κ1) is 59.2. The van der Waals surface area contributed by atoms with Crippen molar-refractivity contribution in [1.29, 1.82) is 0 Å². The molecule has 0 saturated carbocycles. The summed E-state index contributed by atoms with van der Waals surface area (Å²) >= 11 is 1.63. The maximum atomic E-state index is 14.7. The minimum Gasteiger partial charge on any atom is -0.495 e. The number of nitrogens with two attached hydrogens (primary N) is 1. The van der Waals surface area contributed by atoms with E-state index in [1.54, 1.807) is 49.5 Å². The van der Waals surface area contributed by atoms with Crippen molar-refractivity contribution in [3.05, 3.63) is 120 Å². The Morgan fingerprint density at radius 2 is 1.85 bits per heavy atom. The minimum atomic E-state index is -4.47. The molecule has 80 heavy (non-hydrogen) atoms. The van der Waals surface area contributed by atoms with Crippen molar-refractivity contribution in [2.24, 2.45) is 0 Å². The number of fused-ring (bicyclic) bond motifs is 1. The van der Waals surface area contributed by atoms with E-state index in [0.717, 1.165) is 89.7 Å². The van der Waals surface area contributed by atoms with E-state index in [-0.39, 0.29) is 37.4 Å². The van der Waals surface area contributed by atoms with Crippen molar-refractivity contribution < 1.29 is 41.1 Å². The Labute approximate surface area is 471 Å². The third-order valence-corrected chi connectivity index (χ3v) is 15.4. The monoisotopic (exact) mass is 1120 g/mol. The Morgan fingerprint density at radius 3 is 2.60 bits per heavy atom. The standard InChI is InChI=1S/C60H74F4N10O5S/c1-7-73(56-33-44(32-51(65)40(56)2)59-41(3)70-79-42(59)4)37-43-13-8-15-47(31-43)78-38-58(75)68-24-11-30-77-46-21-28-72(29-22-46)27-12-26-71(5)80-48-18-19-54(57(35-48)76-6)67-23-10-14-45-34-49-52(69-53-20-25-66-36-50(53)61)16-9-17-55(49)74(45)39-60(62,63)64/h7-9,13,15-19,31-35,46,50,53,66-67,69H,1,11-12,20-30,36-39,65H2,2-6H3,(H,68,75). The van der Waals surface area contributed by atoms with Crippen LogP contribution in [0.2, 0.25) is 0 Å². The maximum Gasteiger partial charge on any atom is 0.406 e. The molecule has 0 bridgehead atoms. The third kappa shape index (κ3) is 16.2. The molecular formula is C60H74F4N10O5S. The van der Waals surface area contributed by atoms with Crippen LogP contribution < -0.4 is 41.4 Å². The predicted molar refractivity (Wildman–Crippen MR) is 311 cm³/mol. The van der Waals surface area contributed by atoms with Crippen molar-refractivity contribution in [3.8, 4) is 34.5 Å². The highest BCUT2D eigenvalue weighted by Gasteiger charge is 2.31. The number of aryl methyl sites for hydroxylation is 2. The van der Waals surface area contributed by atoms with E-state index in [1.807, 2.05) is 74.2 Å². The lowest BCUT2D eigenvalue weighted by Gasteiger charge is -2.32. The number of hydrogen-bond donors (Lipinski definition) is 5. The summed E-state index contributed by atoms with van der Waals surface area (Å²) in [5, 5.41) is 17.1. The van der Waals surface area contributed by atoms with Crippen LogP contribution in [0.4, 0.5) is 40.3 Å². The molecule has 6 N–H and O–H groups in total. The van der Waals surface area contributed by atoms with E-state index in [2.05, 4.69) is 67.2 Å². The van der Waals surface area contributed by atoms with Crippen molar-refractivity contribution in [2.75, 3.05) is 101 Å². The molecule has 0 spiro atoms. The number of aromatic nitrogens is 2. The van der Waals surface area contributed by atoms with Gasteiger partial charge in [0.15, 0.2) is 6.61 Å². The highest BCUT2D eigenvalue weighted by Crippen LogP contribution is 2.37. The number of halogens is 4. The SMILES string of the molecule is C=CN(Cc1cccc(OCC(=O)NCCCOC2CCN(CCCN(C)Sc3ccc(NCC#Cc4cc5c(NC6CCNCC6F)cccc5n4CC(F)(F)F)c(OC)c3)CC2)c1)c1cc(-c2c(C)noc2C)cc(N)c1C. The summed E-state index contributed by atoms with van der Waals surface area (Å²) in [5.74, 6) is 7.69. The number of carbonyl (C=O) groups is 1. The van der Waals surface area contributed by atoms with E-state index in [4.69, 9.17) is 24.5 Å². The van der Waals surface area contributed by atoms with Gasteiger partial charge in [-0.05, 0) is 174 Å². The van der Waals surface area contributed by atoms with Crippen LogP contribution in [-0.4, -0.2) is 129 Å². The second-order valence-corrected chi connectivity index (χ2v) is 21.6. The Bertz CT molecular complexity index is 3090. The number of alkyl halides is 4. The second-order valence-electron chi connectivity index (χ2n) is 20.3. The number of nitrogens with zero attached hydrogens (tertiary/aromatic N) is 5. The summed E-state index contributed by atoms with van der Waals surface area (Å²) in [6.45, 7) is 15.0. The molecule has 0 aliphatic carbocycles. The van der Waals surface area contributed by atoms with Gasteiger partial charge in [-0.1, -0.05) is 35.9 Å². The molecule has 15 nitrogen and oxygen atoms in total. The summed E-state index contributed by atoms with van der Waals surface area (Å²) in [7, 11) is 3.66. The molecule has 4 aromatic carbocycles. The maximum absolute atomic E-state index is 14.7. The Morgan fingerprint density at radius 1 is 1.04 bits per heavy atom. The number of rotatable bonds is 25. The summed E-state index contributed by atoms with van der Waals surface area (Å²) in [5.41, 5.74) is 14.5. The van der Waals surface area contributed by atoms with E-state index in [0.29, 0.717) is 78.5 Å². The Balaban J connectivity index is 0.701. The van der Waals surface area contributed by atoms with Crippen LogP contribution in [0, 0.1) is 32.6 Å². The van der Waals surface area contributed by atoms with Crippen LogP contribution in [0.1, 0.15) is 60.4 Å². The number of likely N-dealkylation sites (tertiary alicyclic amines) is 1. The topological polar surface area (TPSA) is 160 Å². The van der Waals surface area contributed by atoms with Gasteiger partial charge < -0.3 is 60.1 Å². The van der Waals surface area contributed by atoms with E-state index >= 15 is 0 Å². The van der Waals surface area contributed by atoms with Crippen LogP contribution >= 0.6 is 11.9 Å². The molecular weight excluding hydrogens is 1050 g/mol. The van der Waals surface area contributed by atoms with Gasteiger partial charge in [0.05, 0.1) is 48.4 Å². The number of anilines is 4. The van der Waals surface area contributed by atoms with Gasteiger partial charge in [0, 0.05) is 78.8 Å². The van der Waals surface area contributed by atoms with Gasteiger partial charge in [0.25, 0.3) is 5.91 Å². The average Bonchev–Trinajstić information content (AvgIpc) is 4.03. The number of amides is 1. The lowest BCUT2D eigenvalue weighted by Crippen LogP contribution is -2.45. The lowest BCUT2D eigenvalue weighted by molar-refractivity contribution is -0.140. The molecule has 2 atom stereocenters. The van der Waals surface area contributed by atoms with Gasteiger partial charge in [0.1, 0.15) is 30.0 Å². The number of hydrogen-bond acceptors (Lipinski definition) is 14. The fourth-order valence-electron chi connectivity index (χ4n) is 10.2. The second kappa shape index (κ2) is 28.0. The van der Waals surface area contributed by atoms with E-state index < -0.39 is 24.9 Å². The van der Waals surface area contributed by atoms with Crippen molar-refractivity contribution in [1.82, 2.24) is 29.6 Å². The number of benzene rings is 4. The normalized spacial score (nSPS) is 16.1. The summed E-state index contributed by atoms with van der Waals surface area (Å²) < 4.78 is 82.6. The molecule has 4 heterocycles. The highest BCUT2D eigenvalue weighted by atomic mass is 32.2. The molecule has 6 aromatic rings. The molecule has 8 rings (SSSR count). The summed E-state index contributed by atoms with van der Waals surface area (Å²) in [6, 6.07) is 23.8. The number of carbonyl (C=O) groups excluding carboxylic acids is 1. The third-order valence-electron chi connectivity index (χ3n) is 14.4. The zero-order chi connectivity index (χ0) is 56.8. The van der Waals surface area contributed by atoms with Crippen LogP contribution in [0.25, 0.3) is 22.0 Å². The predicted octanol–water partition coefficient (Wildman–Crippen LogP) is 10.5. The first-order valence-corrected chi connectivity index (χ1v) is 28.0. The molecule has 2 aliphatic rings. The number of methoxy groups -OCH3 is 1. The summed E-state index contributed by atoms with van der Waals surface area (Å²) in [4.78, 5) is 18.2. The van der Waals surface area contributed by atoms with Crippen LogP contribution in [0.5, 0.6) is 11.5 Å². The van der Waals surface area contributed by atoms with Gasteiger partial charge in [-0.25, -0.2) is 8.70 Å². The zero-order valence-corrected chi connectivity index (χ0v) is 47.1. The first-order valence-electron chi connectivity index (χ1n) is 27.2. The largest absolute Gasteiger partial charge is 0.495 e. The number of piperidine rings is 2. The van der Waals surface area contributed by atoms with Crippen molar-refractivity contribution in [2.45, 2.75) is 95.4 Å². The van der Waals surface area contributed by atoms with E-state index in [1.165, 1.54) is 4.57 Å². The lowest BCUT2D eigenvalue weighted by atomic mass is 9.99. The molecule has 2 fully saturated rings. The molecule has 2 aromatic heterocycles. The molecule has 2 aliphatic heterocycles. The Hall–Kier alpha value is -6.89. The fraction of sp³-hybridized carbons (Fsp3) is 0.433. The minimum absolute atomic E-state index is 0.0973. The average molecular weight is 1120 g/mol. The number of nitrogens with one attached hydrogen (secondary N) is 4. The van der Waals surface area contributed by atoms with Gasteiger partial charge in [-0.3, -0.25) is 4.79 Å². The van der Waals surface area contributed by atoms with Gasteiger partial charge in [-0.15, -0.1) is 0 Å². The smallest absolute Gasteiger partial charge is 0.406 e. The Kier molecular flexibility index (Phi) is 20.7. The quantitative estimate of drug-likeness (QED) is 0.0121. The van der Waals surface area contributed by atoms with Gasteiger partial charge >= 0.3 is 6.18 Å². The molecule has 428 valence electrons. The van der Waals surface area contributed by atoms with Crippen molar-refractivity contribution in [3.63, 3.8) is 0 Å². The van der Waals surface area contributed by atoms with Gasteiger partial charge in [-0.2, -0.15) is 13.2 Å². The van der Waals surface area contributed by atoms with Gasteiger partial charge in [0.2, 0.25) is 0 Å². The number of nitrogen functional groups attached to an aromatic ring is 1. The first-order chi connectivity index (χ1) is 38.5. The number of ether oxygens (including phenoxy) is 3. The molecule has 2 unspecified atom stereocenters. The summed E-state index contributed by atoms with van der Waals surface area (Å²) in [6.07, 6.45) is 0.585. The van der Waals surface area contributed by atoms with Crippen molar-refractivity contribution >= 4 is 51.5 Å². The van der Waals surface area contributed by atoms with Crippen LogP contribution in [-0.2, 0) is 22.6 Å². The fourth-order valence-corrected chi connectivity index (χ4v) is 11.1. The molecule has 1 amide bonds. The molecule has 20 heteroatoms. The zero-order valence-electron chi connectivity index (χ0n) is 46.3. The highest BCUT2D eigenvalue weighted by molar-refractivity contribution is 7.97. The van der Waals surface area contributed by atoms with E-state index in [9.17, 15) is 22.4 Å². The molecule has 2 saturated heterocycles. The molecule has 0 radical (unpaired) electrons.